The summed E-state index contributed by atoms with van der Waals surface area (Å²) in [4.78, 5) is 7.75. The van der Waals surface area contributed by atoms with Gasteiger partial charge in [0.05, 0.1) is 25.8 Å². The molecule has 22 heavy (non-hydrogen) atoms. The first-order valence-electron chi connectivity index (χ1n) is 6.25. The predicted octanol–water partition coefficient (Wildman–Crippen LogP) is 1.91. The first-order chi connectivity index (χ1) is 10.5. The number of sulfonamides is 1. The highest BCUT2D eigenvalue weighted by molar-refractivity contribution is 7.95. The van der Waals surface area contributed by atoms with Gasteiger partial charge >= 0.3 is 6.01 Å². The van der Waals surface area contributed by atoms with E-state index in [1.165, 1.54) is 26.5 Å². The van der Waals surface area contributed by atoms with Crippen molar-refractivity contribution >= 4 is 21.8 Å². The van der Waals surface area contributed by atoms with Gasteiger partial charge in [-0.05, 0) is 11.6 Å². The summed E-state index contributed by atoms with van der Waals surface area (Å²) in [7, 11) is -0.938. The molecule has 0 amide bonds. The Morgan fingerprint density at radius 3 is 2.50 bits per heavy atom. The summed E-state index contributed by atoms with van der Waals surface area (Å²) in [6.07, 6.45) is 2.76. The molecule has 0 saturated heterocycles. The molecule has 0 saturated carbocycles. The van der Waals surface area contributed by atoms with Crippen molar-refractivity contribution in [1.82, 2.24) is 9.97 Å². The van der Waals surface area contributed by atoms with Crippen molar-refractivity contribution in [2.75, 3.05) is 18.9 Å². The summed E-state index contributed by atoms with van der Waals surface area (Å²) in [6, 6.07) is 9.16. The Morgan fingerprint density at radius 2 is 1.86 bits per heavy atom. The van der Waals surface area contributed by atoms with E-state index in [9.17, 15) is 8.42 Å². The van der Waals surface area contributed by atoms with Crippen molar-refractivity contribution in [1.29, 1.82) is 0 Å². The molecule has 0 bridgehead atoms. The molecule has 0 aliphatic heterocycles. The lowest BCUT2D eigenvalue weighted by Gasteiger charge is -2.09. The van der Waals surface area contributed by atoms with Crippen LogP contribution in [0.2, 0.25) is 0 Å². The first kappa shape index (κ1) is 15.8. The van der Waals surface area contributed by atoms with Crippen molar-refractivity contribution in [3.63, 3.8) is 0 Å². The van der Waals surface area contributed by atoms with Crippen LogP contribution in [0.15, 0.2) is 41.9 Å². The van der Waals surface area contributed by atoms with Crippen LogP contribution in [0.25, 0.3) is 6.08 Å². The van der Waals surface area contributed by atoms with E-state index in [4.69, 9.17) is 9.47 Å². The highest BCUT2D eigenvalue weighted by atomic mass is 32.2. The number of hydrogen-bond donors (Lipinski definition) is 1. The van der Waals surface area contributed by atoms with Crippen LogP contribution in [-0.2, 0) is 10.0 Å². The number of nitrogens with one attached hydrogen (secondary N) is 1. The first-order valence-corrected chi connectivity index (χ1v) is 7.79. The highest BCUT2D eigenvalue weighted by Gasteiger charge is 2.13. The van der Waals surface area contributed by atoms with Gasteiger partial charge in [0.25, 0.3) is 10.0 Å². The van der Waals surface area contributed by atoms with Crippen LogP contribution in [-0.4, -0.2) is 32.6 Å². The highest BCUT2D eigenvalue weighted by Crippen LogP contribution is 2.23. The van der Waals surface area contributed by atoms with E-state index < -0.39 is 10.0 Å². The van der Waals surface area contributed by atoms with Crippen molar-refractivity contribution in [2.24, 2.45) is 0 Å². The van der Waals surface area contributed by atoms with Crippen LogP contribution in [0, 0.1) is 0 Å². The number of ether oxygens (including phenoxy) is 2. The predicted molar refractivity (Wildman–Crippen MR) is 83.2 cm³/mol. The molecule has 2 aromatic rings. The molecule has 116 valence electrons. The summed E-state index contributed by atoms with van der Waals surface area (Å²) >= 11 is 0. The van der Waals surface area contributed by atoms with Gasteiger partial charge in [-0.25, -0.2) is 13.4 Å². The lowest BCUT2D eigenvalue weighted by Crippen LogP contribution is -2.11. The zero-order chi connectivity index (χ0) is 16.0. The quantitative estimate of drug-likeness (QED) is 0.874. The van der Waals surface area contributed by atoms with Gasteiger partial charge < -0.3 is 9.47 Å². The Balaban J connectivity index is 2.20. The standard InChI is InChI=1S/C14H15N3O4S/c1-20-13-12(10-15-14(16-13)21-2)17-22(18,19)9-8-11-6-4-3-5-7-11/h3-10,17H,1-2H3/b9-8+. The monoisotopic (exact) mass is 321 g/mol. The molecular formula is C14H15N3O4S. The molecule has 1 heterocycles. The van der Waals surface area contributed by atoms with Crippen molar-refractivity contribution < 1.29 is 17.9 Å². The van der Waals surface area contributed by atoms with Crippen LogP contribution in [0.4, 0.5) is 5.69 Å². The van der Waals surface area contributed by atoms with Crippen LogP contribution in [0.5, 0.6) is 11.9 Å². The van der Waals surface area contributed by atoms with Gasteiger partial charge in [-0.1, -0.05) is 30.3 Å². The van der Waals surface area contributed by atoms with E-state index in [2.05, 4.69) is 14.7 Å². The second-order valence-electron chi connectivity index (χ2n) is 4.14. The SMILES string of the molecule is COc1ncc(NS(=O)(=O)/C=C/c2ccccc2)c(OC)n1. The molecule has 0 fully saturated rings. The minimum Gasteiger partial charge on any atom is -0.479 e. The summed E-state index contributed by atoms with van der Waals surface area (Å²) in [6.45, 7) is 0. The fourth-order valence-electron chi connectivity index (χ4n) is 1.59. The van der Waals surface area contributed by atoms with E-state index in [0.29, 0.717) is 0 Å². The summed E-state index contributed by atoms with van der Waals surface area (Å²) in [5.41, 5.74) is 0.895. The Morgan fingerprint density at radius 1 is 1.14 bits per heavy atom. The number of anilines is 1. The molecule has 7 nitrogen and oxygen atoms in total. The maximum atomic E-state index is 12.1. The van der Waals surface area contributed by atoms with Gasteiger partial charge in [-0.3, -0.25) is 4.72 Å². The molecule has 0 aliphatic carbocycles. The number of rotatable bonds is 6. The molecule has 2 rings (SSSR count). The molecule has 1 aromatic carbocycles. The van der Waals surface area contributed by atoms with E-state index in [-0.39, 0.29) is 17.6 Å². The summed E-state index contributed by atoms with van der Waals surface area (Å²) < 4.78 is 36.3. The van der Waals surface area contributed by atoms with Crippen molar-refractivity contribution in [3.8, 4) is 11.9 Å². The second kappa shape index (κ2) is 6.90. The zero-order valence-corrected chi connectivity index (χ0v) is 12.9. The van der Waals surface area contributed by atoms with Crippen molar-refractivity contribution in [3.05, 3.63) is 47.5 Å². The minimum atomic E-state index is -3.72. The lowest BCUT2D eigenvalue weighted by atomic mass is 10.2. The van der Waals surface area contributed by atoms with Crippen LogP contribution < -0.4 is 14.2 Å². The lowest BCUT2D eigenvalue weighted by molar-refractivity contribution is 0.353. The molecule has 1 N–H and O–H groups in total. The molecule has 0 unspecified atom stereocenters. The summed E-state index contributed by atoms with van der Waals surface area (Å²) in [5.74, 6) is 0.0727. The normalized spacial score (nSPS) is 11.4. The van der Waals surface area contributed by atoms with Crippen LogP contribution >= 0.6 is 0 Å². The third-order valence-corrected chi connectivity index (χ3v) is 3.60. The average Bonchev–Trinajstić information content (AvgIpc) is 2.54. The maximum absolute atomic E-state index is 12.1. The Kier molecular flexibility index (Phi) is 4.95. The summed E-state index contributed by atoms with van der Waals surface area (Å²) in [5, 5.41) is 1.06. The Hall–Kier alpha value is -2.61. The van der Waals surface area contributed by atoms with Gasteiger partial charge in [0, 0.05) is 0 Å². The smallest absolute Gasteiger partial charge is 0.319 e. The topological polar surface area (TPSA) is 90.4 Å². The molecule has 0 atom stereocenters. The molecule has 0 spiro atoms. The third kappa shape index (κ3) is 4.19. The van der Waals surface area contributed by atoms with Gasteiger partial charge in [-0.15, -0.1) is 0 Å². The van der Waals surface area contributed by atoms with E-state index in [1.807, 2.05) is 18.2 Å². The third-order valence-electron chi connectivity index (χ3n) is 2.60. The molecular weight excluding hydrogens is 306 g/mol. The fourth-order valence-corrected chi connectivity index (χ4v) is 2.45. The van der Waals surface area contributed by atoms with Gasteiger partial charge in [0.1, 0.15) is 5.69 Å². The molecule has 0 radical (unpaired) electrons. The Labute approximate surface area is 128 Å². The number of nitrogens with zero attached hydrogens (tertiary/aromatic N) is 2. The maximum Gasteiger partial charge on any atom is 0.319 e. The molecule has 8 heteroatoms. The van der Waals surface area contributed by atoms with Gasteiger partial charge in [-0.2, -0.15) is 4.98 Å². The zero-order valence-electron chi connectivity index (χ0n) is 12.1. The molecule has 0 aliphatic rings. The van der Waals surface area contributed by atoms with Crippen LogP contribution in [0.1, 0.15) is 5.56 Å². The largest absolute Gasteiger partial charge is 0.479 e. The number of hydrogen-bond acceptors (Lipinski definition) is 6. The Bertz CT molecular complexity index is 761. The van der Waals surface area contributed by atoms with Gasteiger partial charge in [0.15, 0.2) is 0 Å². The second-order valence-corrected chi connectivity index (χ2v) is 5.71. The fraction of sp³-hybridized carbons (Fsp3) is 0.143. The van der Waals surface area contributed by atoms with Gasteiger partial charge in [0.2, 0.25) is 5.88 Å². The van der Waals surface area contributed by atoms with E-state index in [1.54, 1.807) is 12.1 Å². The van der Waals surface area contributed by atoms with E-state index >= 15 is 0 Å². The minimum absolute atomic E-state index is 0.0727. The molecule has 1 aromatic heterocycles. The average molecular weight is 321 g/mol. The number of methoxy groups -OCH3 is 2. The number of benzene rings is 1. The van der Waals surface area contributed by atoms with E-state index in [0.717, 1.165) is 11.0 Å². The van der Waals surface area contributed by atoms with Crippen molar-refractivity contribution in [2.45, 2.75) is 0 Å². The number of aromatic nitrogens is 2. The van der Waals surface area contributed by atoms with Crippen LogP contribution in [0.3, 0.4) is 0 Å².